The predicted molar refractivity (Wildman–Crippen MR) is 80.6 cm³/mol. The number of ether oxygens (including phenoxy) is 1. The van der Waals surface area contributed by atoms with Gasteiger partial charge in [0, 0.05) is 9.80 Å². The van der Waals surface area contributed by atoms with Crippen molar-refractivity contribution in [2.75, 3.05) is 7.11 Å². The van der Waals surface area contributed by atoms with Crippen LogP contribution in [0.4, 0.5) is 26.3 Å². The van der Waals surface area contributed by atoms with E-state index >= 15 is 0 Å². The maximum atomic E-state index is 13.2. The Bertz CT molecular complexity index is 731. The first-order valence-electron chi connectivity index (χ1n) is 6.81. The van der Waals surface area contributed by atoms with Crippen molar-refractivity contribution in [1.82, 2.24) is 0 Å². The molecular formula is C16H12F6O2S. The van der Waals surface area contributed by atoms with Crippen LogP contribution in [0.15, 0.2) is 58.1 Å². The van der Waals surface area contributed by atoms with Gasteiger partial charge in [0.15, 0.2) is 0 Å². The lowest BCUT2D eigenvalue weighted by molar-refractivity contribution is -0.144. The summed E-state index contributed by atoms with van der Waals surface area (Å²) in [5, 5.41) is 9.71. The van der Waals surface area contributed by atoms with Crippen LogP contribution in [-0.2, 0) is 17.1 Å². The number of alkyl halides is 6. The van der Waals surface area contributed by atoms with E-state index < -0.39 is 29.6 Å². The van der Waals surface area contributed by atoms with Crippen molar-refractivity contribution in [3.8, 4) is 0 Å². The first kappa shape index (κ1) is 19.5. The molecule has 0 fully saturated rings. The normalized spacial score (nSPS) is 18.5. The number of hydrogen-bond donors (Lipinski definition) is 1. The molecule has 1 aliphatic carbocycles. The summed E-state index contributed by atoms with van der Waals surface area (Å²) in [6.45, 7) is 0. The summed E-state index contributed by atoms with van der Waals surface area (Å²) < 4.78 is 82.5. The second kappa shape index (κ2) is 7.17. The molecule has 136 valence electrons. The van der Waals surface area contributed by atoms with Gasteiger partial charge in [0.05, 0.1) is 18.2 Å². The number of hydrogen-bond acceptors (Lipinski definition) is 3. The predicted octanol–water partition coefficient (Wildman–Crippen LogP) is 5.16. The second-order valence-corrected chi connectivity index (χ2v) is 6.07. The van der Waals surface area contributed by atoms with Crippen LogP contribution in [0, 0.1) is 0 Å². The molecule has 1 unspecified atom stereocenters. The van der Waals surface area contributed by atoms with E-state index in [0.29, 0.717) is 17.8 Å². The van der Waals surface area contributed by atoms with Gasteiger partial charge in [-0.2, -0.15) is 26.3 Å². The molecule has 0 aromatic heterocycles. The quantitative estimate of drug-likeness (QED) is 0.733. The minimum absolute atomic E-state index is 0.0885. The van der Waals surface area contributed by atoms with Gasteiger partial charge in [-0.3, -0.25) is 0 Å². The average Bonchev–Trinajstić information content (AvgIpc) is 2.67. The molecule has 2 rings (SSSR count). The number of benzene rings is 1. The monoisotopic (exact) mass is 382 g/mol. The molecule has 0 radical (unpaired) electrons. The van der Waals surface area contributed by atoms with Crippen molar-refractivity contribution < 1.29 is 36.2 Å². The third kappa shape index (κ3) is 4.82. The molecule has 0 saturated carbocycles. The summed E-state index contributed by atoms with van der Waals surface area (Å²) in [5.74, 6) is 0.105. The third-order valence-corrected chi connectivity index (χ3v) is 4.27. The zero-order chi connectivity index (χ0) is 18.8. The molecule has 1 aromatic rings. The molecular weight excluding hydrogens is 370 g/mol. The van der Waals surface area contributed by atoms with Crippen LogP contribution in [0.1, 0.15) is 11.1 Å². The first-order chi connectivity index (χ1) is 11.5. The standard InChI is InChI=1S/C16H12F6O2S/c1-24-13-8-10(3-2-4-12(13)23)25-14-6-5-9(15(17,18)19)7-11(14)16(20,21)22/h2-8,12,23H,1H3. The number of halogens is 6. The highest BCUT2D eigenvalue weighted by atomic mass is 32.2. The van der Waals surface area contributed by atoms with Gasteiger partial charge in [0.1, 0.15) is 11.9 Å². The Labute approximate surface area is 143 Å². The number of aliphatic hydroxyl groups excluding tert-OH is 1. The number of allylic oxidation sites excluding steroid dienone is 3. The molecule has 0 amide bonds. The fraction of sp³-hybridized carbons (Fsp3) is 0.250. The molecule has 9 heteroatoms. The topological polar surface area (TPSA) is 29.5 Å². The van der Waals surface area contributed by atoms with Crippen molar-refractivity contribution in [3.05, 3.63) is 64.3 Å². The van der Waals surface area contributed by atoms with Crippen molar-refractivity contribution >= 4 is 11.8 Å². The number of methoxy groups -OCH3 is 1. The summed E-state index contributed by atoms with van der Waals surface area (Å²) >= 11 is 0.627. The Balaban J connectivity index is 2.44. The maximum absolute atomic E-state index is 13.2. The van der Waals surface area contributed by atoms with Crippen LogP contribution >= 0.6 is 11.8 Å². The highest BCUT2D eigenvalue weighted by Crippen LogP contribution is 2.43. The van der Waals surface area contributed by atoms with E-state index in [9.17, 15) is 31.4 Å². The molecule has 1 aliphatic rings. The number of aliphatic hydroxyl groups is 1. The highest BCUT2D eigenvalue weighted by Gasteiger charge is 2.38. The largest absolute Gasteiger partial charge is 0.498 e. The molecule has 2 nitrogen and oxygen atoms in total. The zero-order valence-corrected chi connectivity index (χ0v) is 13.5. The van der Waals surface area contributed by atoms with Gasteiger partial charge < -0.3 is 9.84 Å². The van der Waals surface area contributed by atoms with Gasteiger partial charge in [0.2, 0.25) is 0 Å². The van der Waals surface area contributed by atoms with Crippen molar-refractivity contribution in [2.24, 2.45) is 0 Å². The van der Waals surface area contributed by atoms with E-state index in [1.807, 2.05) is 0 Å². The Morgan fingerprint density at radius 3 is 2.32 bits per heavy atom. The first-order valence-corrected chi connectivity index (χ1v) is 7.62. The van der Waals surface area contributed by atoms with E-state index in [-0.39, 0.29) is 21.6 Å². The van der Waals surface area contributed by atoms with Gasteiger partial charge in [-0.25, -0.2) is 0 Å². The Hall–Kier alpha value is -1.87. The van der Waals surface area contributed by atoms with Crippen LogP contribution < -0.4 is 0 Å². The molecule has 0 spiro atoms. The van der Waals surface area contributed by atoms with E-state index in [1.165, 1.54) is 31.4 Å². The summed E-state index contributed by atoms with van der Waals surface area (Å²) in [5.41, 5.74) is -2.75. The van der Waals surface area contributed by atoms with Gasteiger partial charge >= 0.3 is 12.4 Å². The second-order valence-electron chi connectivity index (χ2n) is 4.96. The number of rotatable bonds is 3. The van der Waals surface area contributed by atoms with Crippen LogP contribution in [0.2, 0.25) is 0 Å². The van der Waals surface area contributed by atoms with E-state index in [2.05, 4.69) is 0 Å². The average molecular weight is 382 g/mol. The zero-order valence-electron chi connectivity index (χ0n) is 12.7. The van der Waals surface area contributed by atoms with E-state index in [4.69, 9.17) is 4.74 Å². The van der Waals surface area contributed by atoms with Crippen LogP contribution in [0.25, 0.3) is 0 Å². The fourth-order valence-electron chi connectivity index (χ4n) is 2.01. The molecule has 0 bridgehead atoms. The smallest absolute Gasteiger partial charge is 0.417 e. The molecule has 0 aliphatic heterocycles. The van der Waals surface area contributed by atoms with Crippen molar-refractivity contribution in [2.45, 2.75) is 23.4 Å². The SMILES string of the molecule is COC1=CC(Sc2ccc(C(F)(F)F)cc2C(F)(F)F)=CC=CC1O. The van der Waals surface area contributed by atoms with Gasteiger partial charge in [-0.05, 0) is 36.4 Å². The Kier molecular flexibility index (Phi) is 5.58. The molecule has 0 saturated heterocycles. The van der Waals surface area contributed by atoms with Crippen LogP contribution in [-0.4, -0.2) is 18.3 Å². The van der Waals surface area contributed by atoms with E-state index in [1.54, 1.807) is 0 Å². The Morgan fingerprint density at radius 2 is 1.76 bits per heavy atom. The van der Waals surface area contributed by atoms with Crippen LogP contribution in [0.3, 0.4) is 0 Å². The lowest BCUT2D eigenvalue weighted by Gasteiger charge is -2.16. The highest BCUT2D eigenvalue weighted by molar-refractivity contribution is 8.03. The molecule has 1 atom stereocenters. The fourth-order valence-corrected chi connectivity index (χ4v) is 3.01. The minimum Gasteiger partial charge on any atom is -0.498 e. The molecule has 1 N–H and O–H groups in total. The summed E-state index contributed by atoms with van der Waals surface area (Å²) in [7, 11) is 1.29. The lowest BCUT2D eigenvalue weighted by Crippen LogP contribution is -2.11. The van der Waals surface area contributed by atoms with Gasteiger partial charge in [-0.15, -0.1) is 0 Å². The number of thioether (sulfide) groups is 1. The molecule has 1 aromatic carbocycles. The van der Waals surface area contributed by atoms with Crippen molar-refractivity contribution in [1.29, 1.82) is 0 Å². The van der Waals surface area contributed by atoms with Gasteiger partial charge in [-0.1, -0.05) is 17.8 Å². The molecule has 0 heterocycles. The minimum atomic E-state index is -4.95. The van der Waals surface area contributed by atoms with E-state index in [0.717, 1.165) is 6.07 Å². The van der Waals surface area contributed by atoms with Gasteiger partial charge in [0.25, 0.3) is 0 Å². The summed E-state index contributed by atoms with van der Waals surface area (Å²) in [6, 6.07) is 1.47. The maximum Gasteiger partial charge on any atom is 0.417 e. The lowest BCUT2D eigenvalue weighted by atomic mass is 10.1. The van der Waals surface area contributed by atoms with Crippen molar-refractivity contribution in [3.63, 3.8) is 0 Å². The third-order valence-electron chi connectivity index (χ3n) is 3.21. The summed E-state index contributed by atoms with van der Waals surface area (Å²) in [4.78, 5) is -0.113. The Morgan fingerprint density at radius 1 is 1.08 bits per heavy atom. The van der Waals surface area contributed by atoms with Crippen LogP contribution in [0.5, 0.6) is 0 Å². The molecule has 25 heavy (non-hydrogen) atoms. The summed E-state index contributed by atoms with van der Waals surface area (Å²) in [6.07, 6.45) is -5.34.